The molecule has 316 valence electrons. The number of hydrogen-bond donors (Lipinski definition) is 2. The number of anilines is 2. The first-order valence-electron chi connectivity index (χ1n) is 21.2. The van der Waals surface area contributed by atoms with Crippen LogP contribution in [0.25, 0.3) is 16.9 Å². The van der Waals surface area contributed by atoms with Crippen molar-refractivity contribution >= 4 is 23.8 Å². The summed E-state index contributed by atoms with van der Waals surface area (Å²) in [6.45, 7) is 3.04. The van der Waals surface area contributed by atoms with Gasteiger partial charge in [-0.15, -0.1) is 0 Å². The zero-order chi connectivity index (χ0) is 41.9. The number of nitrogens with zero attached hydrogens (tertiary/aromatic N) is 5. The van der Waals surface area contributed by atoms with Crippen LogP contribution < -0.4 is 16.2 Å². The van der Waals surface area contributed by atoms with Gasteiger partial charge >= 0.3 is 12.2 Å². The second kappa shape index (κ2) is 17.4. The van der Waals surface area contributed by atoms with Crippen LogP contribution in [0.1, 0.15) is 68.4 Å². The topological polar surface area (TPSA) is 131 Å². The summed E-state index contributed by atoms with van der Waals surface area (Å²) in [7, 11) is 0. The van der Waals surface area contributed by atoms with Gasteiger partial charge in [-0.05, 0) is 117 Å². The van der Waals surface area contributed by atoms with Crippen molar-refractivity contribution in [3.05, 3.63) is 137 Å². The van der Waals surface area contributed by atoms with Crippen molar-refractivity contribution in [1.29, 1.82) is 0 Å². The Hall–Kier alpha value is -6.15. The third kappa shape index (κ3) is 9.14. The molecule has 2 aromatic heterocycles. The third-order valence-corrected chi connectivity index (χ3v) is 12.9. The smallest absolute Gasteiger partial charge is 0.411 e. The molecule has 3 aromatic carbocycles. The van der Waals surface area contributed by atoms with E-state index in [1.54, 1.807) is 59.6 Å². The average Bonchev–Trinajstić information content (AvgIpc) is 3.25. The van der Waals surface area contributed by atoms with Crippen LogP contribution in [0.3, 0.4) is 0 Å². The molecule has 9 rings (SSSR count). The Labute approximate surface area is 352 Å². The van der Waals surface area contributed by atoms with Crippen molar-refractivity contribution in [3.8, 4) is 16.9 Å². The average molecular weight is 830 g/mol. The molecule has 0 bridgehead atoms. The molecule has 2 amide bonds. The number of carbonyl (C=O) groups is 2. The summed E-state index contributed by atoms with van der Waals surface area (Å²) < 4.78 is 42.9. The summed E-state index contributed by atoms with van der Waals surface area (Å²) in [6.07, 6.45) is 8.95. The highest BCUT2D eigenvalue weighted by molar-refractivity contribution is 5.84. The van der Waals surface area contributed by atoms with E-state index >= 15 is 4.39 Å². The number of hydrogen-bond acceptors (Lipinski definition) is 9. The molecule has 2 aliphatic carbocycles. The normalized spacial score (nSPS) is 21.9. The second-order valence-electron chi connectivity index (χ2n) is 17.0. The molecule has 14 heteroatoms. The molecular formula is C47H49F2N7O5. The molecular weight excluding hydrogens is 781 g/mol. The number of pyridine rings is 1. The predicted octanol–water partition coefficient (Wildman–Crippen LogP) is 8.53. The van der Waals surface area contributed by atoms with Crippen LogP contribution in [0.15, 0.2) is 108 Å². The minimum absolute atomic E-state index is 0.00502. The lowest BCUT2D eigenvalue weighted by molar-refractivity contribution is -0.131. The van der Waals surface area contributed by atoms with E-state index in [2.05, 4.69) is 25.5 Å². The molecule has 0 unspecified atom stereocenters. The lowest BCUT2D eigenvalue weighted by Gasteiger charge is -2.60. The van der Waals surface area contributed by atoms with Crippen molar-refractivity contribution in [2.75, 3.05) is 36.8 Å². The predicted molar refractivity (Wildman–Crippen MR) is 226 cm³/mol. The molecule has 4 heterocycles. The highest BCUT2D eigenvalue weighted by atomic mass is 19.1. The van der Waals surface area contributed by atoms with Gasteiger partial charge in [0.05, 0.1) is 6.20 Å². The summed E-state index contributed by atoms with van der Waals surface area (Å²) in [6, 6.07) is 26.7. The lowest BCUT2D eigenvalue weighted by atomic mass is 9.52. The van der Waals surface area contributed by atoms with Crippen molar-refractivity contribution in [2.45, 2.75) is 82.1 Å². The molecule has 2 saturated heterocycles. The molecule has 4 aliphatic rings. The van der Waals surface area contributed by atoms with Gasteiger partial charge < -0.3 is 24.6 Å². The first-order chi connectivity index (χ1) is 29.7. The Morgan fingerprint density at radius 3 is 2.34 bits per heavy atom. The van der Waals surface area contributed by atoms with E-state index in [4.69, 9.17) is 9.47 Å². The van der Waals surface area contributed by atoms with E-state index in [1.165, 1.54) is 16.7 Å². The van der Waals surface area contributed by atoms with Gasteiger partial charge in [0.25, 0.3) is 5.56 Å². The highest BCUT2D eigenvalue weighted by Crippen LogP contribution is 2.58. The summed E-state index contributed by atoms with van der Waals surface area (Å²) in [5, 5.41) is 5.95. The van der Waals surface area contributed by atoms with E-state index < -0.39 is 11.9 Å². The van der Waals surface area contributed by atoms with E-state index in [0.29, 0.717) is 60.4 Å². The minimum atomic E-state index is -0.621. The van der Waals surface area contributed by atoms with Gasteiger partial charge in [-0.1, -0.05) is 54.6 Å². The number of rotatable bonds is 10. The monoisotopic (exact) mass is 829 g/mol. The fraction of sp³-hybridized carbons (Fsp3) is 0.383. The largest absolute Gasteiger partial charge is 0.446 e. The maximum atomic E-state index is 15.2. The first-order valence-corrected chi connectivity index (χ1v) is 21.2. The second-order valence-corrected chi connectivity index (χ2v) is 17.0. The SMILES string of the molecule is O=C(Nc1ccc(C2CCN(C3CC4(CC(OC(=O)N5CCC(Nc6ncc(F)c(-c7cccc(-n8ccccc8=O)c7)n6)CC5)C4)C3)CC2)c(F)c1)OCc1ccccc1. The molecule has 0 atom stereocenters. The quantitative estimate of drug-likeness (QED) is 0.142. The number of halogens is 2. The Bertz CT molecular complexity index is 2420. The zero-order valence-electron chi connectivity index (χ0n) is 33.8. The van der Waals surface area contributed by atoms with Gasteiger partial charge in [-0.25, -0.2) is 28.3 Å². The van der Waals surface area contributed by atoms with Crippen molar-refractivity contribution in [3.63, 3.8) is 0 Å². The number of piperidine rings is 2. The maximum absolute atomic E-state index is 15.2. The number of likely N-dealkylation sites (tertiary alicyclic amines) is 2. The Balaban J connectivity index is 0.679. The number of aromatic nitrogens is 3. The van der Waals surface area contributed by atoms with Gasteiger partial charge in [-0.3, -0.25) is 14.7 Å². The van der Waals surface area contributed by atoms with E-state index in [-0.39, 0.29) is 53.2 Å². The number of carbonyl (C=O) groups excluding carboxylic acids is 2. The summed E-state index contributed by atoms with van der Waals surface area (Å²) in [4.78, 5) is 50.7. The van der Waals surface area contributed by atoms with Crippen molar-refractivity contribution in [1.82, 2.24) is 24.3 Å². The van der Waals surface area contributed by atoms with Crippen LogP contribution in [0.5, 0.6) is 0 Å². The van der Waals surface area contributed by atoms with Gasteiger partial charge in [0.1, 0.15) is 24.2 Å². The van der Waals surface area contributed by atoms with Crippen LogP contribution in [0.4, 0.5) is 30.0 Å². The number of nitrogens with one attached hydrogen (secondary N) is 2. The molecule has 4 fully saturated rings. The standard InChI is InChI=1S/C47H49F2N7O5/c48-40-24-35(52-45(58)60-30-31-7-2-1-3-8-31)12-13-39(40)32-14-19-54(20-15-32)37-25-47(26-37)27-38(28-47)61-46(59)55-21-16-34(17-22-55)51-44-50-29-41(49)43(53-44)33-9-6-10-36(23-33)56-18-5-4-11-42(56)57/h1-13,18,23-24,29,32,34,37-38H,14-17,19-22,25-28,30H2,(H,52,58)(H,50,51,53). The Kier molecular flexibility index (Phi) is 11.5. The molecule has 2 aliphatic heterocycles. The molecule has 1 spiro atoms. The fourth-order valence-electron chi connectivity index (χ4n) is 9.60. The lowest BCUT2D eigenvalue weighted by Crippen LogP contribution is -2.59. The van der Waals surface area contributed by atoms with Gasteiger partial charge in [0.15, 0.2) is 5.82 Å². The molecule has 5 aromatic rings. The van der Waals surface area contributed by atoms with Crippen LogP contribution in [0, 0.1) is 17.0 Å². The molecule has 12 nitrogen and oxygen atoms in total. The van der Waals surface area contributed by atoms with Crippen LogP contribution in [-0.4, -0.2) is 80.9 Å². The van der Waals surface area contributed by atoms with E-state index in [9.17, 15) is 18.8 Å². The third-order valence-electron chi connectivity index (χ3n) is 12.9. The van der Waals surface area contributed by atoms with Crippen LogP contribution >= 0.6 is 0 Å². The van der Waals surface area contributed by atoms with E-state index in [0.717, 1.165) is 63.4 Å². The van der Waals surface area contributed by atoms with Gasteiger partial charge in [0, 0.05) is 54.4 Å². The summed E-state index contributed by atoms with van der Waals surface area (Å²) >= 11 is 0. The Morgan fingerprint density at radius 1 is 0.820 bits per heavy atom. The van der Waals surface area contributed by atoms with Gasteiger partial charge in [-0.2, -0.15) is 0 Å². The minimum Gasteiger partial charge on any atom is -0.446 e. The number of benzene rings is 3. The fourth-order valence-corrected chi connectivity index (χ4v) is 9.60. The number of ether oxygens (including phenoxy) is 2. The maximum Gasteiger partial charge on any atom is 0.411 e. The summed E-state index contributed by atoms with van der Waals surface area (Å²) in [5.41, 5.74) is 3.26. The molecule has 61 heavy (non-hydrogen) atoms. The number of amides is 2. The highest BCUT2D eigenvalue weighted by Gasteiger charge is 2.56. The molecule has 2 saturated carbocycles. The molecule has 0 radical (unpaired) electrons. The summed E-state index contributed by atoms with van der Waals surface area (Å²) in [5.74, 6) is -0.443. The van der Waals surface area contributed by atoms with Crippen LogP contribution in [0.2, 0.25) is 0 Å². The Morgan fingerprint density at radius 2 is 1.59 bits per heavy atom. The van der Waals surface area contributed by atoms with Gasteiger partial charge in [0.2, 0.25) is 5.95 Å². The first kappa shape index (κ1) is 40.3. The molecule has 2 N–H and O–H groups in total. The van der Waals surface area contributed by atoms with Crippen molar-refractivity contribution in [2.24, 2.45) is 5.41 Å². The van der Waals surface area contributed by atoms with E-state index in [1.807, 2.05) is 30.3 Å². The van der Waals surface area contributed by atoms with Crippen LogP contribution in [-0.2, 0) is 16.1 Å². The van der Waals surface area contributed by atoms with Crippen molar-refractivity contribution < 1.29 is 27.8 Å². The zero-order valence-corrected chi connectivity index (χ0v) is 33.8.